The van der Waals surface area contributed by atoms with Crippen molar-refractivity contribution in [3.63, 3.8) is 0 Å². The molecule has 126 valence electrons. The minimum atomic E-state index is -0.834. The van der Waals surface area contributed by atoms with Gasteiger partial charge >= 0.3 is 5.97 Å². The molecule has 2 rings (SSSR count). The minimum absolute atomic E-state index is 0.151. The van der Waals surface area contributed by atoms with E-state index >= 15 is 0 Å². The van der Waals surface area contributed by atoms with Crippen LogP contribution in [0.15, 0.2) is 24.3 Å². The molecule has 2 N–H and O–H groups in total. The quantitative estimate of drug-likeness (QED) is 0.844. The molecule has 6 heteroatoms. The Kier molecular flexibility index (Phi) is 5.96. The fraction of sp³-hybridized carbons (Fsp3) is 0.529. The first-order chi connectivity index (χ1) is 11.0. The number of rotatable bonds is 6. The van der Waals surface area contributed by atoms with Gasteiger partial charge in [-0.15, -0.1) is 0 Å². The molecule has 1 aromatic carbocycles. The lowest BCUT2D eigenvalue weighted by Gasteiger charge is -2.26. The number of hydrogen-bond acceptors (Lipinski definition) is 3. The average Bonchev–Trinajstić information content (AvgIpc) is 2.55. The van der Waals surface area contributed by atoms with Gasteiger partial charge in [-0.1, -0.05) is 18.6 Å². The first-order valence-electron chi connectivity index (χ1n) is 7.89. The third kappa shape index (κ3) is 4.94. The fourth-order valence-corrected chi connectivity index (χ4v) is 2.84. The number of nitrogens with one attached hydrogen (secondary N) is 1. The minimum Gasteiger partial charge on any atom is -0.486 e. The van der Waals surface area contributed by atoms with Gasteiger partial charge in [0.2, 0.25) is 5.91 Å². The molecule has 5 nitrogen and oxygen atoms in total. The van der Waals surface area contributed by atoms with E-state index in [1.165, 1.54) is 12.1 Å². The molecule has 0 bridgehead atoms. The molecule has 1 aromatic rings. The summed E-state index contributed by atoms with van der Waals surface area (Å²) in [7, 11) is 0. The lowest BCUT2D eigenvalue weighted by Crippen LogP contribution is -2.39. The van der Waals surface area contributed by atoms with Crippen LogP contribution in [0.1, 0.15) is 32.6 Å². The molecule has 3 unspecified atom stereocenters. The van der Waals surface area contributed by atoms with Crippen molar-refractivity contribution in [2.24, 2.45) is 11.8 Å². The molecule has 0 radical (unpaired) electrons. The largest absolute Gasteiger partial charge is 0.486 e. The second kappa shape index (κ2) is 7.94. The molecule has 0 heterocycles. The monoisotopic (exact) mass is 323 g/mol. The SMILES string of the molecule is CC(CNC(=O)C1CCCC(C(=O)O)C1)Oc1ccccc1F. The summed E-state index contributed by atoms with van der Waals surface area (Å²) in [5, 5.41) is 11.8. The second-order valence-corrected chi connectivity index (χ2v) is 6.00. The number of amides is 1. The summed E-state index contributed by atoms with van der Waals surface area (Å²) < 4.78 is 18.9. The number of halogens is 1. The van der Waals surface area contributed by atoms with Crippen LogP contribution in [0.25, 0.3) is 0 Å². The zero-order chi connectivity index (χ0) is 16.8. The Morgan fingerprint density at radius 3 is 2.74 bits per heavy atom. The summed E-state index contributed by atoms with van der Waals surface area (Å²) in [5.41, 5.74) is 0. The predicted octanol–water partition coefficient (Wildman–Crippen LogP) is 2.60. The molecule has 0 aliphatic heterocycles. The first-order valence-corrected chi connectivity index (χ1v) is 7.89. The zero-order valence-electron chi connectivity index (χ0n) is 13.1. The fourth-order valence-electron chi connectivity index (χ4n) is 2.84. The van der Waals surface area contributed by atoms with Gasteiger partial charge in [0.1, 0.15) is 6.10 Å². The maximum absolute atomic E-state index is 13.5. The van der Waals surface area contributed by atoms with Gasteiger partial charge in [0.05, 0.1) is 12.5 Å². The maximum atomic E-state index is 13.5. The molecule has 23 heavy (non-hydrogen) atoms. The van der Waals surface area contributed by atoms with Crippen molar-refractivity contribution >= 4 is 11.9 Å². The summed E-state index contributed by atoms with van der Waals surface area (Å²) in [6, 6.07) is 6.11. The van der Waals surface area contributed by atoms with Gasteiger partial charge in [-0.3, -0.25) is 9.59 Å². The first kappa shape index (κ1) is 17.2. The van der Waals surface area contributed by atoms with Gasteiger partial charge < -0.3 is 15.2 Å². The smallest absolute Gasteiger partial charge is 0.306 e. The Hall–Kier alpha value is -2.11. The topological polar surface area (TPSA) is 75.6 Å². The Morgan fingerprint density at radius 2 is 2.04 bits per heavy atom. The highest BCUT2D eigenvalue weighted by atomic mass is 19.1. The summed E-state index contributed by atoms with van der Waals surface area (Å²) in [5.74, 6) is -1.99. The molecular weight excluding hydrogens is 301 g/mol. The number of hydrogen-bond donors (Lipinski definition) is 2. The molecule has 1 aliphatic carbocycles. The van der Waals surface area contributed by atoms with Crippen LogP contribution in [0.2, 0.25) is 0 Å². The molecule has 3 atom stereocenters. The normalized spacial score (nSPS) is 22.2. The third-order valence-corrected chi connectivity index (χ3v) is 4.12. The van der Waals surface area contributed by atoms with Crippen molar-refractivity contribution in [1.29, 1.82) is 0 Å². The van der Waals surface area contributed by atoms with Gasteiger partial charge in [-0.2, -0.15) is 0 Å². The Balaban J connectivity index is 1.79. The van der Waals surface area contributed by atoms with Gasteiger partial charge in [0.25, 0.3) is 0 Å². The van der Waals surface area contributed by atoms with E-state index in [2.05, 4.69) is 5.32 Å². The van der Waals surface area contributed by atoms with E-state index in [0.717, 1.165) is 6.42 Å². The van der Waals surface area contributed by atoms with Crippen LogP contribution in [0, 0.1) is 17.7 Å². The number of carboxylic acid groups (broad SMARTS) is 1. The van der Waals surface area contributed by atoms with Gasteiger partial charge in [-0.25, -0.2) is 4.39 Å². The lowest BCUT2D eigenvalue weighted by molar-refractivity contribution is -0.144. The van der Waals surface area contributed by atoms with E-state index in [1.807, 2.05) is 0 Å². The Labute approximate surface area is 134 Å². The summed E-state index contributed by atoms with van der Waals surface area (Å²) in [6.07, 6.45) is 2.08. The third-order valence-electron chi connectivity index (χ3n) is 4.12. The zero-order valence-corrected chi connectivity index (χ0v) is 13.1. The molecule has 1 amide bonds. The Bertz CT molecular complexity index is 563. The van der Waals surface area contributed by atoms with Crippen molar-refractivity contribution in [3.05, 3.63) is 30.1 Å². The summed E-state index contributed by atoms with van der Waals surface area (Å²) >= 11 is 0. The number of ether oxygens (including phenoxy) is 1. The van der Waals surface area contributed by atoms with Crippen LogP contribution in [0.3, 0.4) is 0 Å². The van der Waals surface area contributed by atoms with Crippen molar-refractivity contribution in [3.8, 4) is 5.75 Å². The second-order valence-electron chi connectivity index (χ2n) is 6.00. The lowest BCUT2D eigenvalue weighted by atomic mass is 9.81. The Morgan fingerprint density at radius 1 is 1.35 bits per heavy atom. The van der Waals surface area contributed by atoms with Crippen LogP contribution >= 0.6 is 0 Å². The maximum Gasteiger partial charge on any atom is 0.306 e. The van der Waals surface area contributed by atoms with Gasteiger partial charge in [0, 0.05) is 5.92 Å². The number of aliphatic carboxylic acids is 1. The molecule has 1 fully saturated rings. The van der Waals surface area contributed by atoms with Crippen LogP contribution in [0.5, 0.6) is 5.75 Å². The molecule has 1 aliphatic rings. The van der Waals surface area contributed by atoms with Crippen LogP contribution in [-0.2, 0) is 9.59 Å². The van der Waals surface area contributed by atoms with Crippen LogP contribution in [-0.4, -0.2) is 29.6 Å². The highest BCUT2D eigenvalue weighted by Gasteiger charge is 2.31. The number of carboxylic acids is 1. The molecule has 0 spiro atoms. The van der Waals surface area contributed by atoms with Gasteiger partial charge in [0.15, 0.2) is 11.6 Å². The predicted molar refractivity (Wildman–Crippen MR) is 82.6 cm³/mol. The number of carbonyl (C=O) groups is 2. The van der Waals surface area contributed by atoms with E-state index in [0.29, 0.717) is 19.3 Å². The van der Waals surface area contributed by atoms with Crippen LogP contribution < -0.4 is 10.1 Å². The summed E-state index contributed by atoms with van der Waals surface area (Å²) in [4.78, 5) is 23.2. The standard InChI is InChI=1S/C17H22FNO4/c1-11(23-15-8-3-2-7-14(15)18)10-19-16(20)12-5-4-6-13(9-12)17(21)22/h2-3,7-8,11-13H,4-6,9-10H2,1H3,(H,19,20)(H,21,22). The highest BCUT2D eigenvalue weighted by molar-refractivity contribution is 5.80. The average molecular weight is 323 g/mol. The van der Waals surface area contributed by atoms with Crippen LogP contribution in [0.4, 0.5) is 4.39 Å². The molecular formula is C17H22FNO4. The van der Waals surface area contributed by atoms with E-state index in [4.69, 9.17) is 9.84 Å². The van der Waals surface area contributed by atoms with Gasteiger partial charge in [-0.05, 0) is 38.3 Å². The van der Waals surface area contributed by atoms with E-state index in [-0.39, 0.29) is 30.2 Å². The molecule has 1 saturated carbocycles. The van der Waals surface area contributed by atoms with E-state index in [1.54, 1.807) is 19.1 Å². The number of benzene rings is 1. The van der Waals surface area contributed by atoms with Crippen molar-refractivity contribution in [2.45, 2.75) is 38.7 Å². The summed E-state index contributed by atoms with van der Waals surface area (Å²) in [6.45, 7) is 2.00. The van der Waals surface area contributed by atoms with Crippen molar-refractivity contribution in [1.82, 2.24) is 5.32 Å². The molecule has 0 aromatic heterocycles. The van der Waals surface area contributed by atoms with Crippen molar-refractivity contribution in [2.75, 3.05) is 6.54 Å². The van der Waals surface area contributed by atoms with E-state index < -0.39 is 17.7 Å². The highest BCUT2D eigenvalue weighted by Crippen LogP contribution is 2.29. The van der Waals surface area contributed by atoms with Crippen molar-refractivity contribution < 1.29 is 23.8 Å². The van der Waals surface area contributed by atoms with E-state index in [9.17, 15) is 14.0 Å². The molecule has 0 saturated heterocycles. The number of carbonyl (C=O) groups excluding carboxylic acids is 1. The number of para-hydroxylation sites is 1.